The number of hydrogen-bond donors (Lipinski definition) is 5. The highest BCUT2D eigenvalue weighted by molar-refractivity contribution is 5.89. The lowest BCUT2D eigenvalue weighted by atomic mass is 10.0. The number of ether oxygens (including phenoxy) is 2. The van der Waals surface area contributed by atoms with E-state index in [1.165, 1.54) is 14.2 Å². The fourth-order valence-electron chi connectivity index (χ4n) is 7.72. The van der Waals surface area contributed by atoms with Crippen molar-refractivity contribution in [1.29, 1.82) is 0 Å². The quantitative estimate of drug-likeness (QED) is 0.0996. The second-order valence-corrected chi connectivity index (χ2v) is 15.3. The smallest absolute Gasteiger partial charge is 0.408 e. The van der Waals surface area contributed by atoms with Crippen molar-refractivity contribution in [2.75, 3.05) is 27.3 Å². The van der Waals surface area contributed by atoms with E-state index in [0.717, 1.165) is 76.0 Å². The predicted octanol–water partition coefficient (Wildman–Crippen LogP) is 6.40. The van der Waals surface area contributed by atoms with Crippen molar-refractivity contribution in [3.63, 3.8) is 0 Å². The summed E-state index contributed by atoms with van der Waals surface area (Å²) < 4.78 is 9.49. The molecule has 5 N–H and O–H groups in total. The summed E-state index contributed by atoms with van der Waals surface area (Å²) in [5.41, 5.74) is 6.01. The van der Waals surface area contributed by atoms with E-state index in [0.29, 0.717) is 18.9 Å². The lowest BCUT2D eigenvalue weighted by Crippen LogP contribution is -2.54. The molecule has 0 aliphatic carbocycles. The number of rotatable bonds is 10. The summed E-state index contributed by atoms with van der Waals surface area (Å²) >= 11 is 0. The average Bonchev–Trinajstić information content (AvgIpc) is 4.04. The summed E-state index contributed by atoms with van der Waals surface area (Å²) in [5, 5.41) is 9.30. The van der Waals surface area contributed by atoms with E-state index in [9.17, 15) is 19.2 Å². The number of nitrogens with one attached hydrogen (secondary N) is 5. The molecule has 3 aromatic heterocycles. The number of H-pyrrole nitrogens is 2. The van der Waals surface area contributed by atoms with Gasteiger partial charge in [-0.1, -0.05) is 45.9 Å². The van der Waals surface area contributed by atoms with E-state index in [-0.39, 0.29) is 35.9 Å². The number of fused-ring (bicyclic) bond motifs is 2. The van der Waals surface area contributed by atoms with Crippen LogP contribution in [-0.4, -0.2) is 98.4 Å². The van der Waals surface area contributed by atoms with Crippen molar-refractivity contribution >= 4 is 46.1 Å². The zero-order valence-corrected chi connectivity index (χ0v) is 33.1. The summed E-state index contributed by atoms with van der Waals surface area (Å²) in [5.74, 6) is 1.08. The number of nitrogens with zero attached hydrogens (tertiary/aromatic N) is 5. The maximum Gasteiger partial charge on any atom is 0.408 e. The fraction of sp³-hybridized carbons (Fsp3) is 0.439. The monoisotopic (exact) mass is 778 g/mol. The van der Waals surface area contributed by atoms with Gasteiger partial charge in [-0.25, -0.2) is 29.3 Å². The normalized spacial score (nSPS) is 18.0. The largest absolute Gasteiger partial charge is 0.453 e. The van der Waals surface area contributed by atoms with E-state index in [1.54, 1.807) is 16.0 Å². The molecule has 0 unspecified atom stereocenters. The lowest BCUT2D eigenvalue weighted by Gasteiger charge is -2.30. The van der Waals surface area contributed by atoms with Crippen LogP contribution in [0.25, 0.3) is 44.5 Å². The molecule has 7 rings (SSSR count). The highest BCUT2D eigenvalue weighted by Gasteiger charge is 2.38. The lowest BCUT2D eigenvalue weighted by molar-refractivity contribution is -0.135. The van der Waals surface area contributed by atoms with Crippen LogP contribution in [0.1, 0.15) is 77.1 Å². The molecule has 2 saturated heterocycles. The molecule has 2 aliphatic rings. The van der Waals surface area contributed by atoms with Gasteiger partial charge in [0, 0.05) is 18.5 Å². The number of pyridine rings is 1. The Morgan fingerprint density at radius 1 is 0.737 bits per heavy atom. The zero-order chi connectivity index (χ0) is 40.4. The number of aromatic nitrogens is 5. The van der Waals surface area contributed by atoms with Crippen LogP contribution in [0, 0.1) is 11.8 Å². The van der Waals surface area contributed by atoms with Crippen LogP contribution in [0.5, 0.6) is 0 Å². The molecule has 300 valence electrons. The minimum Gasteiger partial charge on any atom is -0.453 e. The number of carbonyl (C=O) groups is 4. The zero-order valence-electron chi connectivity index (χ0n) is 33.1. The van der Waals surface area contributed by atoms with Crippen LogP contribution in [-0.2, 0) is 14.3 Å². The van der Waals surface area contributed by atoms with Gasteiger partial charge in [-0.3, -0.25) is 4.79 Å². The summed E-state index contributed by atoms with van der Waals surface area (Å²) in [6, 6.07) is 14.8. The third-order valence-electron chi connectivity index (χ3n) is 10.9. The highest BCUT2D eigenvalue weighted by Crippen LogP contribution is 2.35. The maximum atomic E-state index is 13.6. The third-order valence-corrected chi connectivity index (χ3v) is 10.9. The van der Waals surface area contributed by atoms with Crippen molar-refractivity contribution in [3.8, 4) is 22.5 Å². The Morgan fingerprint density at radius 2 is 1.40 bits per heavy atom. The van der Waals surface area contributed by atoms with Crippen LogP contribution in [0.2, 0.25) is 0 Å². The molecule has 16 nitrogen and oxygen atoms in total. The molecule has 0 spiro atoms. The number of amides is 5. The number of alkyl carbamates (subject to hydrolysis) is 2. The van der Waals surface area contributed by atoms with Crippen LogP contribution in [0.15, 0.2) is 54.7 Å². The number of likely N-dealkylation sites (tertiary alicyclic amines) is 2. The fourth-order valence-corrected chi connectivity index (χ4v) is 7.72. The molecular formula is C41H50N10O6. The number of benzene rings is 2. The van der Waals surface area contributed by atoms with E-state index in [2.05, 4.69) is 43.0 Å². The van der Waals surface area contributed by atoms with Crippen LogP contribution in [0.4, 0.5) is 14.4 Å². The van der Waals surface area contributed by atoms with E-state index in [4.69, 9.17) is 19.4 Å². The molecule has 0 saturated carbocycles. The van der Waals surface area contributed by atoms with Gasteiger partial charge in [0.25, 0.3) is 0 Å². The van der Waals surface area contributed by atoms with E-state index in [1.807, 2.05) is 64.1 Å². The second-order valence-electron chi connectivity index (χ2n) is 15.3. The molecule has 5 amide bonds. The van der Waals surface area contributed by atoms with E-state index < -0.39 is 24.4 Å². The topological polar surface area (TPSA) is 200 Å². The van der Waals surface area contributed by atoms with Crippen molar-refractivity contribution in [2.24, 2.45) is 11.8 Å². The van der Waals surface area contributed by atoms with Gasteiger partial charge in [0.05, 0.1) is 60.4 Å². The SMILES string of the molecule is COC(=O)N[C@H](NC(=O)N1CCC[C@H]1c1nc2ccc(-c3ccc4nc(-c5cnc([C@@H]6CCCN6C(=O)[C@@H](NC(=O)OC)C(C)C)[nH]5)ccc4c3)cc2[nH]1)C(C)C. The molecule has 4 atom stereocenters. The van der Waals surface area contributed by atoms with Crippen LogP contribution < -0.4 is 16.0 Å². The van der Waals surface area contributed by atoms with Gasteiger partial charge in [0.1, 0.15) is 23.9 Å². The third kappa shape index (κ3) is 8.20. The van der Waals surface area contributed by atoms with Gasteiger partial charge in [-0.15, -0.1) is 0 Å². The first-order valence-electron chi connectivity index (χ1n) is 19.5. The molecule has 2 aromatic carbocycles. The van der Waals surface area contributed by atoms with Gasteiger partial charge < -0.3 is 45.2 Å². The number of aromatic amines is 2. The van der Waals surface area contributed by atoms with Crippen molar-refractivity contribution < 1.29 is 28.7 Å². The predicted molar refractivity (Wildman–Crippen MR) is 214 cm³/mol. The molecule has 5 heterocycles. The number of hydrogen-bond acceptors (Lipinski definition) is 9. The Balaban J connectivity index is 1.05. The number of imidazole rings is 2. The Kier molecular flexibility index (Phi) is 11.3. The molecule has 16 heteroatoms. The Hall–Kier alpha value is -6.19. The first-order chi connectivity index (χ1) is 27.4. The number of carbonyl (C=O) groups excluding carboxylic acids is 4. The van der Waals surface area contributed by atoms with Gasteiger partial charge in [-0.2, -0.15) is 0 Å². The summed E-state index contributed by atoms with van der Waals surface area (Å²) in [6.45, 7) is 8.76. The minimum absolute atomic E-state index is 0.0483. The van der Waals surface area contributed by atoms with Gasteiger partial charge in [0.2, 0.25) is 5.91 Å². The number of methoxy groups -OCH3 is 2. The molecule has 0 radical (unpaired) electrons. The number of urea groups is 1. The minimum atomic E-state index is -0.704. The molecule has 5 aromatic rings. The molecular weight excluding hydrogens is 729 g/mol. The highest BCUT2D eigenvalue weighted by atomic mass is 16.5. The second kappa shape index (κ2) is 16.5. The van der Waals surface area contributed by atoms with Gasteiger partial charge >= 0.3 is 18.2 Å². The molecule has 2 aliphatic heterocycles. The van der Waals surface area contributed by atoms with Gasteiger partial charge in [-0.05, 0) is 79.0 Å². The van der Waals surface area contributed by atoms with Crippen molar-refractivity contribution in [3.05, 3.63) is 66.4 Å². The standard InChI is InChI=1S/C41H50N10O6/c1-22(2)34(47-40(54)56-5)38(52)50-17-7-9-32(50)36-42-21-31(46-36)29-16-13-26-19-24(11-14-27(26)43-29)25-12-15-28-30(20-25)45-37(44-28)33-10-8-18-51(33)39(53)48-35(23(3)4)49-41(55)57-6/h11-16,19-23,32-35H,7-10,17-18H2,1-6H3,(H,42,46)(H,44,45)(H,47,54)(H,48,53)(H,49,55)/t32-,33-,34-,35-/m0/s1. The van der Waals surface area contributed by atoms with Crippen molar-refractivity contribution in [1.82, 2.24) is 50.7 Å². The first-order valence-corrected chi connectivity index (χ1v) is 19.5. The van der Waals surface area contributed by atoms with Crippen molar-refractivity contribution in [2.45, 2.75) is 77.7 Å². The summed E-state index contributed by atoms with van der Waals surface area (Å²) in [6.07, 6.45) is 3.12. The van der Waals surface area contributed by atoms with Crippen LogP contribution >= 0.6 is 0 Å². The van der Waals surface area contributed by atoms with E-state index >= 15 is 0 Å². The maximum absolute atomic E-state index is 13.6. The van der Waals surface area contributed by atoms with Gasteiger partial charge in [0.15, 0.2) is 0 Å². The molecule has 57 heavy (non-hydrogen) atoms. The molecule has 2 fully saturated rings. The Labute approximate surface area is 330 Å². The summed E-state index contributed by atoms with van der Waals surface area (Å²) in [4.78, 5) is 75.7. The first kappa shape index (κ1) is 39.1. The average molecular weight is 779 g/mol. The van der Waals surface area contributed by atoms with Crippen LogP contribution in [0.3, 0.4) is 0 Å². The Morgan fingerprint density at radius 3 is 2.11 bits per heavy atom. The summed E-state index contributed by atoms with van der Waals surface area (Å²) in [7, 11) is 2.58. The molecule has 0 bridgehead atoms. The Bertz CT molecular complexity index is 2280.